The minimum atomic E-state index is -0.514. The van der Waals surface area contributed by atoms with Crippen LogP contribution in [0.1, 0.15) is 32.6 Å². The second-order valence-corrected chi connectivity index (χ2v) is 7.68. The number of benzene rings is 1. The van der Waals surface area contributed by atoms with E-state index in [1.807, 2.05) is 0 Å². The van der Waals surface area contributed by atoms with Gasteiger partial charge in [-0.15, -0.1) is 0 Å². The van der Waals surface area contributed by atoms with E-state index >= 15 is 0 Å². The quantitative estimate of drug-likeness (QED) is 0.770. The molecule has 0 bridgehead atoms. The molecule has 0 saturated carbocycles. The van der Waals surface area contributed by atoms with Gasteiger partial charge in [-0.2, -0.15) is 0 Å². The Labute approximate surface area is 136 Å². The SMILES string of the molecule is CC1CCN(C2CCN(Sc3ccc(F)cc3F)CC2)CC1. The van der Waals surface area contributed by atoms with Crippen LogP contribution in [0.2, 0.25) is 0 Å². The zero-order valence-electron chi connectivity index (χ0n) is 13.1. The first-order chi connectivity index (χ1) is 10.6. The van der Waals surface area contributed by atoms with Crippen molar-refractivity contribution in [2.45, 2.75) is 43.5 Å². The fourth-order valence-electron chi connectivity index (χ4n) is 3.38. The Morgan fingerprint density at radius 2 is 1.68 bits per heavy atom. The fourth-order valence-corrected chi connectivity index (χ4v) is 4.33. The summed E-state index contributed by atoms with van der Waals surface area (Å²) in [5.74, 6) is -0.106. The average molecular weight is 326 g/mol. The van der Waals surface area contributed by atoms with Crippen molar-refractivity contribution in [3.8, 4) is 0 Å². The second kappa shape index (κ2) is 7.28. The summed E-state index contributed by atoms with van der Waals surface area (Å²) >= 11 is 1.42. The number of hydrogen-bond acceptors (Lipinski definition) is 3. The van der Waals surface area contributed by atoms with E-state index in [0.717, 1.165) is 37.9 Å². The molecule has 2 nitrogen and oxygen atoms in total. The third kappa shape index (κ3) is 4.00. The molecule has 1 aromatic rings. The number of piperidine rings is 2. The summed E-state index contributed by atoms with van der Waals surface area (Å²) in [5.41, 5.74) is 0. The van der Waals surface area contributed by atoms with Crippen LogP contribution in [0.15, 0.2) is 23.1 Å². The van der Waals surface area contributed by atoms with Gasteiger partial charge < -0.3 is 4.90 Å². The summed E-state index contributed by atoms with van der Waals surface area (Å²) < 4.78 is 28.9. The van der Waals surface area contributed by atoms with Crippen LogP contribution in [-0.4, -0.2) is 41.4 Å². The van der Waals surface area contributed by atoms with Crippen LogP contribution >= 0.6 is 11.9 Å². The number of hydrogen-bond donors (Lipinski definition) is 0. The zero-order valence-corrected chi connectivity index (χ0v) is 13.9. The molecule has 3 rings (SSSR count). The minimum Gasteiger partial charge on any atom is -0.300 e. The van der Waals surface area contributed by atoms with E-state index in [1.54, 1.807) is 0 Å². The molecule has 2 fully saturated rings. The highest BCUT2D eigenvalue weighted by molar-refractivity contribution is 7.97. The van der Waals surface area contributed by atoms with Crippen molar-refractivity contribution in [3.63, 3.8) is 0 Å². The third-order valence-corrected chi connectivity index (χ3v) is 6.03. The summed E-state index contributed by atoms with van der Waals surface area (Å²) in [7, 11) is 0. The van der Waals surface area contributed by atoms with E-state index in [-0.39, 0.29) is 0 Å². The largest absolute Gasteiger partial charge is 0.300 e. The van der Waals surface area contributed by atoms with E-state index in [2.05, 4.69) is 16.1 Å². The maximum absolute atomic E-state index is 13.7. The Kier molecular flexibility index (Phi) is 5.37. The molecule has 2 heterocycles. The van der Waals surface area contributed by atoms with Crippen LogP contribution in [0.25, 0.3) is 0 Å². The number of nitrogens with zero attached hydrogens (tertiary/aromatic N) is 2. The first-order valence-corrected chi connectivity index (χ1v) is 9.01. The van der Waals surface area contributed by atoms with Gasteiger partial charge in [0.2, 0.25) is 0 Å². The molecule has 0 unspecified atom stereocenters. The van der Waals surface area contributed by atoms with Crippen LogP contribution in [0, 0.1) is 17.6 Å². The lowest BCUT2D eigenvalue weighted by Crippen LogP contribution is -2.46. The Balaban J connectivity index is 1.49. The first-order valence-electron chi connectivity index (χ1n) is 8.24. The Morgan fingerprint density at radius 3 is 2.32 bits per heavy atom. The number of halogens is 2. The van der Waals surface area contributed by atoms with Gasteiger partial charge in [-0.3, -0.25) is 0 Å². The average Bonchev–Trinajstić information content (AvgIpc) is 2.52. The molecule has 2 saturated heterocycles. The molecule has 0 amide bonds. The molecule has 0 aromatic heterocycles. The van der Waals surface area contributed by atoms with E-state index < -0.39 is 11.6 Å². The van der Waals surface area contributed by atoms with Crippen molar-refractivity contribution in [2.24, 2.45) is 5.92 Å². The highest BCUT2D eigenvalue weighted by atomic mass is 32.2. The summed E-state index contributed by atoms with van der Waals surface area (Å²) in [4.78, 5) is 3.16. The highest BCUT2D eigenvalue weighted by Gasteiger charge is 2.27. The highest BCUT2D eigenvalue weighted by Crippen LogP contribution is 2.31. The summed E-state index contributed by atoms with van der Waals surface area (Å²) in [6, 6.07) is 4.51. The van der Waals surface area contributed by atoms with Gasteiger partial charge in [0.1, 0.15) is 11.6 Å². The predicted molar refractivity (Wildman–Crippen MR) is 86.8 cm³/mol. The Hall–Kier alpha value is -0.650. The monoisotopic (exact) mass is 326 g/mol. The molecule has 0 spiro atoms. The van der Waals surface area contributed by atoms with Gasteiger partial charge >= 0.3 is 0 Å². The molecule has 22 heavy (non-hydrogen) atoms. The van der Waals surface area contributed by atoms with Crippen LogP contribution < -0.4 is 0 Å². The second-order valence-electron chi connectivity index (χ2n) is 6.54. The van der Waals surface area contributed by atoms with Gasteiger partial charge in [0.15, 0.2) is 0 Å². The lowest BCUT2D eigenvalue weighted by atomic mass is 9.95. The lowest BCUT2D eigenvalue weighted by molar-refractivity contribution is 0.103. The standard InChI is InChI=1S/C17H24F2N2S/c1-13-4-8-20(9-5-13)15-6-10-21(11-7-15)22-17-3-2-14(18)12-16(17)19/h2-3,12-13,15H,4-11H2,1H3. The van der Waals surface area contributed by atoms with Gasteiger partial charge in [-0.05, 0) is 68.8 Å². The van der Waals surface area contributed by atoms with Crippen molar-refractivity contribution in [1.29, 1.82) is 0 Å². The molecular formula is C17H24F2N2S. The molecule has 2 aliphatic heterocycles. The molecule has 0 atom stereocenters. The van der Waals surface area contributed by atoms with Crippen molar-refractivity contribution >= 4 is 11.9 Å². The normalized spacial score (nSPS) is 23.0. The first kappa shape index (κ1) is 16.2. The van der Waals surface area contributed by atoms with Gasteiger partial charge in [-0.25, -0.2) is 13.1 Å². The molecule has 122 valence electrons. The lowest BCUT2D eigenvalue weighted by Gasteiger charge is -2.41. The molecular weight excluding hydrogens is 302 g/mol. The maximum atomic E-state index is 13.7. The van der Waals surface area contributed by atoms with Gasteiger partial charge in [0.05, 0.1) is 4.90 Å². The summed E-state index contributed by atoms with van der Waals surface area (Å²) in [5, 5.41) is 0. The van der Waals surface area contributed by atoms with Crippen LogP contribution in [0.3, 0.4) is 0 Å². The molecule has 0 aliphatic carbocycles. The van der Waals surface area contributed by atoms with E-state index in [0.29, 0.717) is 10.9 Å². The zero-order chi connectivity index (χ0) is 15.5. The summed E-state index contributed by atoms with van der Waals surface area (Å²) in [6.07, 6.45) is 4.92. The third-order valence-electron chi connectivity index (χ3n) is 4.88. The molecule has 0 radical (unpaired) electrons. The molecule has 2 aliphatic rings. The molecule has 1 aromatic carbocycles. The Morgan fingerprint density at radius 1 is 1.00 bits per heavy atom. The van der Waals surface area contributed by atoms with Gasteiger partial charge in [-0.1, -0.05) is 6.92 Å². The summed E-state index contributed by atoms with van der Waals surface area (Å²) in [6.45, 7) is 6.74. The number of likely N-dealkylation sites (tertiary alicyclic amines) is 1. The van der Waals surface area contributed by atoms with Crippen molar-refractivity contribution in [2.75, 3.05) is 26.2 Å². The van der Waals surface area contributed by atoms with Crippen LogP contribution in [-0.2, 0) is 0 Å². The van der Waals surface area contributed by atoms with E-state index in [4.69, 9.17) is 0 Å². The van der Waals surface area contributed by atoms with E-state index in [9.17, 15) is 8.78 Å². The molecule has 0 N–H and O–H groups in total. The van der Waals surface area contributed by atoms with Gasteiger partial charge in [0, 0.05) is 25.2 Å². The van der Waals surface area contributed by atoms with Crippen molar-refractivity contribution < 1.29 is 8.78 Å². The van der Waals surface area contributed by atoms with Crippen LogP contribution in [0.4, 0.5) is 8.78 Å². The fraction of sp³-hybridized carbons (Fsp3) is 0.647. The van der Waals surface area contributed by atoms with Crippen molar-refractivity contribution in [3.05, 3.63) is 29.8 Å². The minimum absolute atomic E-state index is 0.461. The molecule has 5 heteroatoms. The smallest absolute Gasteiger partial charge is 0.140 e. The Bertz CT molecular complexity index is 495. The van der Waals surface area contributed by atoms with Crippen LogP contribution in [0.5, 0.6) is 0 Å². The van der Waals surface area contributed by atoms with Crippen molar-refractivity contribution in [1.82, 2.24) is 9.21 Å². The number of rotatable bonds is 3. The van der Waals surface area contributed by atoms with E-state index in [1.165, 1.54) is 50.0 Å². The topological polar surface area (TPSA) is 6.48 Å². The maximum Gasteiger partial charge on any atom is 0.140 e. The predicted octanol–water partition coefficient (Wildman–Crippen LogP) is 4.17. The van der Waals surface area contributed by atoms with Gasteiger partial charge in [0.25, 0.3) is 0 Å².